The van der Waals surface area contributed by atoms with Crippen LogP contribution in [0, 0.1) is 6.92 Å². The third-order valence-electron chi connectivity index (χ3n) is 7.63. The van der Waals surface area contributed by atoms with Crippen molar-refractivity contribution in [1.82, 2.24) is 14.0 Å². The van der Waals surface area contributed by atoms with Crippen LogP contribution in [0.2, 0.25) is 0 Å². The average Bonchev–Trinajstić information content (AvgIpc) is 3.10. The summed E-state index contributed by atoms with van der Waals surface area (Å²) in [6, 6.07) is 14.4. The van der Waals surface area contributed by atoms with Gasteiger partial charge >= 0.3 is 5.69 Å². The molecule has 0 spiro atoms. The third-order valence-corrected chi connectivity index (χ3v) is 7.63. The summed E-state index contributed by atoms with van der Waals surface area (Å²) in [7, 11) is 0. The molecule has 0 bridgehead atoms. The van der Waals surface area contributed by atoms with Crippen molar-refractivity contribution in [2.24, 2.45) is 5.73 Å². The van der Waals surface area contributed by atoms with Gasteiger partial charge in [-0.25, -0.2) is 4.79 Å². The molecular formula is C26H32N4O2. The zero-order valence-corrected chi connectivity index (χ0v) is 19.0. The van der Waals surface area contributed by atoms with E-state index >= 15 is 0 Å². The second-order valence-electron chi connectivity index (χ2n) is 9.41. The van der Waals surface area contributed by atoms with E-state index in [1.807, 2.05) is 28.8 Å². The van der Waals surface area contributed by atoms with Crippen molar-refractivity contribution in [2.45, 2.75) is 64.1 Å². The Morgan fingerprint density at radius 3 is 2.47 bits per heavy atom. The van der Waals surface area contributed by atoms with Crippen LogP contribution in [0.4, 0.5) is 0 Å². The Morgan fingerprint density at radius 2 is 1.75 bits per heavy atom. The summed E-state index contributed by atoms with van der Waals surface area (Å²) in [6.07, 6.45) is 5.48. The lowest BCUT2D eigenvalue weighted by Crippen LogP contribution is -2.41. The maximum Gasteiger partial charge on any atom is 0.330 e. The first-order chi connectivity index (χ1) is 15.5. The molecule has 32 heavy (non-hydrogen) atoms. The van der Waals surface area contributed by atoms with Crippen molar-refractivity contribution in [3.8, 4) is 0 Å². The second kappa shape index (κ2) is 8.24. The van der Waals surface area contributed by atoms with Crippen molar-refractivity contribution >= 4 is 16.9 Å². The molecule has 0 radical (unpaired) electrons. The van der Waals surface area contributed by atoms with Gasteiger partial charge in [-0.15, -0.1) is 0 Å². The molecule has 0 saturated carbocycles. The molecule has 6 nitrogen and oxygen atoms in total. The van der Waals surface area contributed by atoms with Crippen molar-refractivity contribution in [2.75, 3.05) is 13.1 Å². The number of hydrogen-bond acceptors (Lipinski definition) is 3. The number of rotatable bonds is 4. The van der Waals surface area contributed by atoms with E-state index in [1.165, 1.54) is 36.0 Å². The fourth-order valence-corrected chi connectivity index (χ4v) is 5.89. The molecule has 2 unspecified atom stereocenters. The first kappa shape index (κ1) is 21.0. The molecule has 6 heteroatoms. The van der Waals surface area contributed by atoms with E-state index in [2.05, 4.69) is 30.0 Å². The summed E-state index contributed by atoms with van der Waals surface area (Å²) in [4.78, 5) is 27.9. The number of aromatic nitrogens is 2. The number of hydrogen-bond donors (Lipinski definition) is 1. The number of fused-ring (bicyclic) bond motifs is 2. The number of para-hydroxylation sites is 2. The second-order valence-corrected chi connectivity index (χ2v) is 9.41. The fourth-order valence-electron chi connectivity index (χ4n) is 5.89. The van der Waals surface area contributed by atoms with Gasteiger partial charge in [0.2, 0.25) is 5.91 Å². The van der Waals surface area contributed by atoms with Gasteiger partial charge < -0.3 is 5.73 Å². The van der Waals surface area contributed by atoms with Crippen molar-refractivity contribution < 1.29 is 4.79 Å². The van der Waals surface area contributed by atoms with E-state index in [1.54, 1.807) is 11.5 Å². The molecule has 2 aliphatic rings. The standard InChI is InChI=1S/C26H32N4O2/c1-17-7-5-9-21-20(17)8-6-12-22(21)28-15-13-19(14-16-28)30-24-11-4-3-10-23(24)29(26(30)32)18(2)25(27)31/h3-5,7,9-11,18-19,22H,6,8,12-16H2,1-2H3,(H2,27,31). The molecule has 3 aromatic rings. The van der Waals surface area contributed by atoms with E-state index in [9.17, 15) is 9.59 Å². The average molecular weight is 433 g/mol. The third kappa shape index (κ3) is 3.37. The molecule has 2 N–H and O–H groups in total. The predicted octanol–water partition coefficient (Wildman–Crippen LogP) is 3.87. The van der Waals surface area contributed by atoms with Crippen LogP contribution >= 0.6 is 0 Å². The van der Waals surface area contributed by atoms with Gasteiger partial charge in [-0.05, 0) is 74.8 Å². The number of carbonyl (C=O) groups is 1. The highest BCUT2D eigenvalue weighted by Gasteiger charge is 2.32. The molecule has 168 valence electrons. The van der Waals surface area contributed by atoms with E-state index < -0.39 is 11.9 Å². The van der Waals surface area contributed by atoms with Crippen molar-refractivity contribution in [1.29, 1.82) is 0 Å². The Morgan fingerprint density at radius 1 is 1.03 bits per heavy atom. The summed E-state index contributed by atoms with van der Waals surface area (Å²) in [5, 5.41) is 0. The Hall–Kier alpha value is -2.86. The first-order valence-electron chi connectivity index (χ1n) is 11.8. The molecule has 1 aromatic heterocycles. The molecular weight excluding hydrogens is 400 g/mol. The topological polar surface area (TPSA) is 73.3 Å². The van der Waals surface area contributed by atoms with Crippen LogP contribution in [0.15, 0.2) is 47.3 Å². The number of imidazole rings is 1. The fraction of sp³-hybridized carbons (Fsp3) is 0.462. The maximum absolute atomic E-state index is 13.4. The number of nitrogens with two attached hydrogens (primary N) is 1. The van der Waals surface area contributed by atoms with Crippen LogP contribution < -0.4 is 11.4 Å². The predicted molar refractivity (Wildman–Crippen MR) is 127 cm³/mol. The lowest BCUT2D eigenvalue weighted by atomic mass is 9.83. The van der Waals surface area contributed by atoms with Gasteiger partial charge in [0.05, 0.1) is 11.0 Å². The molecule has 2 heterocycles. The smallest absolute Gasteiger partial charge is 0.330 e. The van der Waals surface area contributed by atoms with Crippen LogP contribution in [0.25, 0.3) is 11.0 Å². The van der Waals surface area contributed by atoms with Gasteiger partial charge in [0.25, 0.3) is 0 Å². The number of benzene rings is 2. The highest BCUT2D eigenvalue weighted by atomic mass is 16.2. The van der Waals surface area contributed by atoms with E-state index in [-0.39, 0.29) is 11.7 Å². The maximum atomic E-state index is 13.4. The molecule has 1 amide bonds. The molecule has 2 aromatic carbocycles. The zero-order valence-electron chi connectivity index (χ0n) is 19.0. The van der Waals surface area contributed by atoms with Crippen LogP contribution in [0.3, 0.4) is 0 Å². The van der Waals surface area contributed by atoms with Crippen molar-refractivity contribution in [3.05, 3.63) is 69.6 Å². The summed E-state index contributed by atoms with van der Waals surface area (Å²) in [5.74, 6) is -0.490. The summed E-state index contributed by atoms with van der Waals surface area (Å²) >= 11 is 0. The first-order valence-corrected chi connectivity index (χ1v) is 11.8. The van der Waals surface area contributed by atoms with Gasteiger partial charge in [-0.1, -0.05) is 30.3 Å². The number of likely N-dealkylation sites (tertiary alicyclic amines) is 1. The molecule has 5 rings (SSSR count). The molecule has 1 saturated heterocycles. The van der Waals surface area contributed by atoms with Crippen LogP contribution in [-0.2, 0) is 11.2 Å². The van der Waals surface area contributed by atoms with Crippen molar-refractivity contribution in [3.63, 3.8) is 0 Å². The quantitative estimate of drug-likeness (QED) is 0.680. The molecule has 2 atom stereocenters. The summed E-state index contributed by atoms with van der Waals surface area (Å²) < 4.78 is 3.47. The number of aryl methyl sites for hydroxylation is 1. The summed E-state index contributed by atoms with van der Waals surface area (Å²) in [5.41, 5.74) is 11.5. The number of amides is 1. The lowest BCUT2D eigenvalue weighted by molar-refractivity contribution is -0.120. The van der Waals surface area contributed by atoms with Crippen LogP contribution in [-0.4, -0.2) is 33.0 Å². The molecule has 1 aliphatic heterocycles. The minimum atomic E-state index is -0.671. The number of nitrogens with zero attached hydrogens (tertiary/aromatic N) is 3. The minimum absolute atomic E-state index is 0.130. The SMILES string of the molecule is Cc1cccc2c1CCCC2N1CCC(n2c(=O)n(C(C)C(N)=O)c3ccccc32)CC1. The number of piperidine rings is 1. The Kier molecular flexibility index (Phi) is 5.41. The normalized spacial score (nSPS) is 20.9. The summed E-state index contributed by atoms with van der Waals surface area (Å²) in [6.45, 7) is 5.87. The van der Waals surface area contributed by atoms with Gasteiger partial charge in [-0.2, -0.15) is 0 Å². The van der Waals surface area contributed by atoms with E-state index in [0.717, 1.165) is 37.0 Å². The van der Waals surface area contributed by atoms with Crippen LogP contribution in [0.1, 0.15) is 67.4 Å². The van der Waals surface area contributed by atoms with Gasteiger partial charge in [-0.3, -0.25) is 18.8 Å². The molecule has 1 fully saturated rings. The molecule has 1 aliphatic carbocycles. The number of carbonyl (C=O) groups excluding carboxylic acids is 1. The van der Waals surface area contributed by atoms with Gasteiger partial charge in [0, 0.05) is 25.2 Å². The minimum Gasteiger partial charge on any atom is -0.368 e. The van der Waals surface area contributed by atoms with E-state index in [4.69, 9.17) is 5.73 Å². The monoisotopic (exact) mass is 432 g/mol. The van der Waals surface area contributed by atoms with Crippen LogP contribution in [0.5, 0.6) is 0 Å². The highest BCUT2D eigenvalue weighted by Crippen LogP contribution is 2.38. The Labute approximate surface area is 188 Å². The Bertz CT molecular complexity index is 1220. The van der Waals surface area contributed by atoms with Gasteiger partial charge in [0.1, 0.15) is 6.04 Å². The Balaban J connectivity index is 1.43. The van der Waals surface area contributed by atoms with Gasteiger partial charge in [0.15, 0.2) is 0 Å². The lowest BCUT2D eigenvalue weighted by Gasteiger charge is -2.40. The van der Waals surface area contributed by atoms with E-state index in [0.29, 0.717) is 6.04 Å². The largest absolute Gasteiger partial charge is 0.368 e. The highest BCUT2D eigenvalue weighted by molar-refractivity contribution is 5.82. The number of primary amides is 1. The zero-order chi connectivity index (χ0) is 22.4.